The molecule has 3 N–H and O–H groups in total. The number of nitrogens with one attached hydrogen (secondary N) is 1. The highest BCUT2D eigenvalue weighted by molar-refractivity contribution is 7.99. The van der Waals surface area contributed by atoms with E-state index in [1.54, 1.807) is 30.1 Å². The lowest BCUT2D eigenvalue weighted by atomic mass is 10.3. The minimum Gasteiger partial charge on any atom is -0.370 e. The molecule has 0 atom stereocenters. The van der Waals surface area contributed by atoms with Crippen LogP contribution in [0.25, 0.3) is 0 Å². The quantitative estimate of drug-likeness (QED) is 0.338. The van der Waals surface area contributed by atoms with Crippen LogP contribution in [0.1, 0.15) is 12.1 Å². The summed E-state index contributed by atoms with van der Waals surface area (Å²) < 4.78 is 12.8. The maximum atomic E-state index is 12.8. The van der Waals surface area contributed by atoms with Crippen LogP contribution in [-0.2, 0) is 6.42 Å². The Bertz CT molecular complexity index is 602. The first kappa shape index (κ1) is 17.3. The van der Waals surface area contributed by atoms with E-state index in [0.29, 0.717) is 12.5 Å². The minimum atomic E-state index is -0.205. The van der Waals surface area contributed by atoms with E-state index >= 15 is 0 Å². The van der Waals surface area contributed by atoms with Gasteiger partial charge in [-0.2, -0.15) is 0 Å². The first-order valence-corrected chi connectivity index (χ1v) is 8.54. The van der Waals surface area contributed by atoms with Crippen LogP contribution in [0, 0.1) is 5.82 Å². The molecule has 0 aliphatic carbocycles. The fourth-order valence-electron chi connectivity index (χ4n) is 1.91. The minimum absolute atomic E-state index is 0.205. The van der Waals surface area contributed by atoms with Crippen LogP contribution in [0.4, 0.5) is 4.39 Å². The Morgan fingerprint density at radius 1 is 1.22 bits per heavy atom. The number of rotatable bonds is 8. The summed E-state index contributed by atoms with van der Waals surface area (Å²) in [5.41, 5.74) is 6.85. The molecule has 122 valence electrons. The van der Waals surface area contributed by atoms with Crippen molar-refractivity contribution in [3.63, 3.8) is 0 Å². The lowest BCUT2D eigenvalue weighted by molar-refractivity contribution is 0.626. The molecule has 1 aromatic carbocycles. The van der Waals surface area contributed by atoms with Crippen LogP contribution in [0.3, 0.4) is 0 Å². The van der Waals surface area contributed by atoms with E-state index in [0.717, 1.165) is 35.7 Å². The van der Waals surface area contributed by atoms with E-state index in [1.807, 2.05) is 18.2 Å². The molecule has 0 unspecified atom stereocenters. The molecule has 23 heavy (non-hydrogen) atoms. The van der Waals surface area contributed by atoms with E-state index in [4.69, 9.17) is 5.73 Å². The molecule has 1 aromatic heterocycles. The third-order valence-corrected chi connectivity index (χ3v) is 4.18. The Morgan fingerprint density at radius 3 is 2.78 bits per heavy atom. The van der Waals surface area contributed by atoms with Crippen molar-refractivity contribution < 1.29 is 4.39 Å². The molecule has 2 rings (SSSR count). The highest BCUT2D eigenvalue weighted by atomic mass is 32.2. The number of hydrogen-bond donors (Lipinski definition) is 2. The molecule has 0 saturated carbocycles. The zero-order valence-corrected chi connectivity index (χ0v) is 13.7. The summed E-state index contributed by atoms with van der Waals surface area (Å²) in [6, 6.07) is 12.4. The number of thioether (sulfide) groups is 1. The predicted molar refractivity (Wildman–Crippen MR) is 94.2 cm³/mol. The summed E-state index contributed by atoms with van der Waals surface area (Å²) in [6.07, 6.45) is 3.52. The molecule has 0 aliphatic rings. The van der Waals surface area contributed by atoms with Gasteiger partial charge in [0.05, 0.1) is 0 Å². The topological polar surface area (TPSA) is 63.3 Å². The molecule has 4 nitrogen and oxygen atoms in total. The molecule has 2 aromatic rings. The van der Waals surface area contributed by atoms with Crippen molar-refractivity contribution in [3.8, 4) is 0 Å². The number of nitrogens with two attached hydrogens (primary N) is 1. The SMILES string of the molecule is NC(=NCCCSc1ccc(F)cc1)NCCc1ccccn1. The highest BCUT2D eigenvalue weighted by Gasteiger charge is 1.97. The molecular formula is C17H21FN4S. The smallest absolute Gasteiger partial charge is 0.188 e. The normalized spacial score (nSPS) is 11.4. The third kappa shape index (κ3) is 7.15. The van der Waals surface area contributed by atoms with E-state index in [2.05, 4.69) is 15.3 Å². The number of nitrogens with zero attached hydrogens (tertiary/aromatic N) is 2. The van der Waals surface area contributed by atoms with Crippen molar-refractivity contribution >= 4 is 17.7 Å². The van der Waals surface area contributed by atoms with Gasteiger partial charge in [-0.25, -0.2) is 4.39 Å². The van der Waals surface area contributed by atoms with E-state index < -0.39 is 0 Å². The van der Waals surface area contributed by atoms with Crippen LogP contribution in [0.5, 0.6) is 0 Å². The molecule has 1 heterocycles. The monoisotopic (exact) mass is 332 g/mol. The van der Waals surface area contributed by atoms with Crippen molar-refractivity contribution in [1.82, 2.24) is 10.3 Å². The van der Waals surface area contributed by atoms with Crippen molar-refractivity contribution in [2.75, 3.05) is 18.8 Å². The predicted octanol–water partition coefficient (Wildman–Crippen LogP) is 2.85. The maximum Gasteiger partial charge on any atom is 0.188 e. The molecule has 0 fully saturated rings. The van der Waals surface area contributed by atoms with Crippen molar-refractivity contribution in [3.05, 3.63) is 60.2 Å². The molecule has 0 aliphatic heterocycles. The van der Waals surface area contributed by atoms with Crippen LogP contribution in [0.15, 0.2) is 58.5 Å². The molecule has 0 bridgehead atoms. The van der Waals surface area contributed by atoms with E-state index in [1.165, 1.54) is 12.1 Å². The largest absolute Gasteiger partial charge is 0.370 e. The number of aliphatic imine (C=N–C) groups is 1. The van der Waals surface area contributed by atoms with Gasteiger partial charge in [0.1, 0.15) is 5.82 Å². The first-order chi connectivity index (χ1) is 11.2. The Balaban J connectivity index is 1.56. The fourth-order valence-corrected chi connectivity index (χ4v) is 2.74. The molecule has 0 saturated heterocycles. The van der Waals surface area contributed by atoms with Gasteiger partial charge in [0.2, 0.25) is 0 Å². The second kappa shape index (κ2) is 9.84. The average Bonchev–Trinajstić information content (AvgIpc) is 2.57. The van der Waals surface area contributed by atoms with Gasteiger partial charge in [0.25, 0.3) is 0 Å². The number of hydrogen-bond acceptors (Lipinski definition) is 3. The van der Waals surface area contributed by atoms with Crippen LogP contribution in [-0.4, -0.2) is 29.8 Å². The zero-order valence-electron chi connectivity index (χ0n) is 12.9. The Kier molecular flexibility index (Phi) is 7.39. The third-order valence-electron chi connectivity index (χ3n) is 3.08. The summed E-state index contributed by atoms with van der Waals surface area (Å²) in [5.74, 6) is 1.19. The molecule has 0 amide bonds. The molecular weight excluding hydrogens is 311 g/mol. The van der Waals surface area contributed by atoms with Crippen molar-refractivity contribution in [2.24, 2.45) is 10.7 Å². The standard InChI is InChI=1S/C17H21FN4S/c18-14-5-7-16(8-6-14)23-13-3-11-21-17(19)22-12-9-15-4-1-2-10-20-15/h1-2,4-8,10H,3,9,11-13H2,(H3,19,21,22). The summed E-state index contributed by atoms with van der Waals surface area (Å²) in [4.78, 5) is 9.61. The Hall–Kier alpha value is -2.08. The van der Waals surface area contributed by atoms with Gasteiger partial charge < -0.3 is 11.1 Å². The highest BCUT2D eigenvalue weighted by Crippen LogP contribution is 2.18. The number of benzene rings is 1. The number of aromatic nitrogens is 1. The average molecular weight is 332 g/mol. The first-order valence-electron chi connectivity index (χ1n) is 7.56. The van der Waals surface area contributed by atoms with Crippen molar-refractivity contribution in [2.45, 2.75) is 17.7 Å². The fraction of sp³-hybridized carbons (Fsp3) is 0.294. The van der Waals surface area contributed by atoms with Crippen LogP contribution >= 0.6 is 11.8 Å². The van der Waals surface area contributed by atoms with E-state index in [-0.39, 0.29) is 5.82 Å². The second-order valence-electron chi connectivity index (χ2n) is 4.92. The molecule has 0 radical (unpaired) electrons. The van der Waals surface area contributed by atoms with Gasteiger partial charge in [0.15, 0.2) is 5.96 Å². The summed E-state index contributed by atoms with van der Waals surface area (Å²) in [6.45, 7) is 1.40. The van der Waals surface area contributed by atoms with Gasteiger partial charge >= 0.3 is 0 Å². The summed E-state index contributed by atoms with van der Waals surface area (Å²) in [5, 5.41) is 3.09. The number of pyridine rings is 1. The molecule has 6 heteroatoms. The van der Waals surface area contributed by atoms with Crippen LogP contribution in [0.2, 0.25) is 0 Å². The van der Waals surface area contributed by atoms with Gasteiger partial charge in [-0.1, -0.05) is 6.07 Å². The summed E-state index contributed by atoms with van der Waals surface area (Å²) in [7, 11) is 0. The van der Waals surface area contributed by atoms with Crippen molar-refractivity contribution in [1.29, 1.82) is 0 Å². The number of guanidine groups is 1. The Morgan fingerprint density at radius 2 is 2.04 bits per heavy atom. The lowest BCUT2D eigenvalue weighted by Gasteiger charge is -2.05. The Labute approximate surface area is 140 Å². The maximum absolute atomic E-state index is 12.8. The van der Waals surface area contributed by atoms with Gasteiger partial charge in [-0.15, -0.1) is 11.8 Å². The van der Waals surface area contributed by atoms with Gasteiger partial charge in [-0.05, 0) is 48.6 Å². The van der Waals surface area contributed by atoms with E-state index in [9.17, 15) is 4.39 Å². The zero-order chi connectivity index (χ0) is 16.3. The van der Waals surface area contributed by atoms with Crippen LogP contribution < -0.4 is 11.1 Å². The second-order valence-corrected chi connectivity index (χ2v) is 6.09. The summed E-state index contributed by atoms with van der Waals surface area (Å²) >= 11 is 1.69. The number of halogens is 1. The van der Waals surface area contributed by atoms with Gasteiger partial charge in [-0.3, -0.25) is 9.98 Å². The lowest BCUT2D eigenvalue weighted by Crippen LogP contribution is -2.33. The molecule has 0 spiro atoms. The van der Waals surface area contributed by atoms with Gasteiger partial charge in [0, 0.05) is 36.3 Å².